The number of nitrogens with one attached hydrogen (secondary N) is 1. The molecule has 0 radical (unpaired) electrons. The van der Waals surface area contributed by atoms with E-state index in [9.17, 15) is 0 Å². The highest BCUT2D eigenvalue weighted by Crippen LogP contribution is 2.49. The van der Waals surface area contributed by atoms with E-state index >= 15 is 0 Å². The van der Waals surface area contributed by atoms with Crippen LogP contribution in [-0.4, -0.2) is 21.9 Å². The van der Waals surface area contributed by atoms with Crippen LogP contribution in [-0.2, 0) is 19.4 Å². The van der Waals surface area contributed by atoms with Gasteiger partial charge in [-0.3, -0.25) is 4.68 Å². The minimum Gasteiger partial charge on any atom is -0.312 e. The van der Waals surface area contributed by atoms with Gasteiger partial charge in [-0.2, -0.15) is 5.10 Å². The average molecular weight is 342 g/mol. The van der Waals surface area contributed by atoms with Crippen molar-refractivity contribution in [1.82, 2.24) is 15.1 Å². The summed E-state index contributed by atoms with van der Waals surface area (Å²) in [7, 11) is 0. The molecule has 0 bridgehead atoms. The lowest BCUT2D eigenvalue weighted by Gasteiger charge is -2.25. The van der Waals surface area contributed by atoms with Gasteiger partial charge in [-0.25, -0.2) is 0 Å². The minimum atomic E-state index is 0.201. The first kappa shape index (κ1) is 16.0. The molecule has 0 amide bonds. The van der Waals surface area contributed by atoms with Gasteiger partial charge in [0.05, 0.1) is 15.9 Å². The summed E-state index contributed by atoms with van der Waals surface area (Å²) >= 11 is 3.77. The molecule has 4 heteroatoms. The number of aromatic nitrogens is 2. The predicted molar refractivity (Wildman–Crippen MR) is 88.1 cm³/mol. The zero-order chi connectivity index (χ0) is 15.0. The van der Waals surface area contributed by atoms with E-state index in [-0.39, 0.29) is 5.54 Å². The van der Waals surface area contributed by atoms with Crippen molar-refractivity contribution in [2.45, 2.75) is 72.4 Å². The third-order valence-electron chi connectivity index (χ3n) is 4.19. The van der Waals surface area contributed by atoms with Crippen LogP contribution in [0.4, 0.5) is 0 Å². The van der Waals surface area contributed by atoms with Crippen LogP contribution in [0.2, 0.25) is 0 Å². The zero-order valence-corrected chi connectivity index (χ0v) is 15.1. The predicted octanol–water partition coefficient (Wildman–Crippen LogP) is 3.94. The molecule has 1 N–H and O–H groups in total. The molecule has 0 saturated heterocycles. The maximum atomic E-state index is 4.72. The van der Waals surface area contributed by atoms with Crippen LogP contribution in [0.25, 0.3) is 0 Å². The summed E-state index contributed by atoms with van der Waals surface area (Å²) in [5.74, 6) is 0. The number of rotatable bonds is 6. The normalized spacial score (nSPS) is 17.5. The molecule has 3 nitrogen and oxygen atoms in total. The van der Waals surface area contributed by atoms with E-state index in [1.54, 1.807) is 0 Å². The van der Waals surface area contributed by atoms with Gasteiger partial charge < -0.3 is 5.32 Å². The Balaban J connectivity index is 2.11. The number of hydrogen-bond acceptors (Lipinski definition) is 2. The average Bonchev–Trinajstić information content (AvgIpc) is 3.08. The van der Waals surface area contributed by atoms with Gasteiger partial charge in [-0.1, -0.05) is 6.92 Å². The maximum absolute atomic E-state index is 4.72. The van der Waals surface area contributed by atoms with Gasteiger partial charge in [-0.05, 0) is 74.7 Å². The molecule has 1 aliphatic carbocycles. The fourth-order valence-electron chi connectivity index (χ4n) is 2.59. The van der Waals surface area contributed by atoms with Crippen LogP contribution in [0.5, 0.6) is 0 Å². The molecule has 20 heavy (non-hydrogen) atoms. The molecule has 0 unspecified atom stereocenters. The number of nitrogens with zero attached hydrogens (tertiary/aromatic N) is 2. The largest absolute Gasteiger partial charge is 0.312 e. The molecule has 114 valence electrons. The van der Waals surface area contributed by atoms with Crippen molar-refractivity contribution in [3.63, 3.8) is 0 Å². The third kappa shape index (κ3) is 3.64. The lowest BCUT2D eigenvalue weighted by molar-refractivity contribution is 0.351. The lowest BCUT2D eigenvalue weighted by atomic mass is 9.97. The van der Waals surface area contributed by atoms with Crippen LogP contribution in [0, 0.1) is 5.41 Å². The fourth-order valence-corrected chi connectivity index (χ4v) is 3.29. The summed E-state index contributed by atoms with van der Waals surface area (Å²) in [5, 5.41) is 8.39. The highest BCUT2D eigenvalue weighted by molar-refractivity contribution is 9.10. The number of halogens is 1. The summed E-state index contributed by atoms with van der Waals surface area (Å²) in [6.45, 7) is 13.1. The second-order valence-electron chi connectivity index (χ2n) is 7.16. The van der Waals surface area contributed by atoms with Crippen molar-refractivity contribution in [2.24, 2.45) is 5.41 Å². The Hall–Kier alpha value is -0.350. The van der Waals surface area contributed by atoms with Crippen molar-refractivity contribution < 1.29 is 0 Å². The van der Waals surface area contributed by atoms with Gasteiger partial charge >= 0.3 is 0 Å². The van der Waals surface area contributed by atoms with Gasteiger partial charge in [0.2, 0.25) is 0 Å². The van der Waals surface area contributed by atoms with Crippen molar-refractivity contribution in [3.8, 4) is 0 Å². The van der Waals surface area contributed by atoms with Crippen LogP contribution in [0.3, 0.4) is 0 Å². The Bertz CT molecular complexity index is 467. The fraction of sp³-hybridized carbons (Fsp3) is 0.812. The minimum absolute atomic E-state index is 0.201. The third-order valence-corrected chi connectivity index (χ3v) is 5.10. The molecule has 1 aromatic rings. The zero-order valence-electron chi connectivity index (χ0n) is 13.5. The SMILES string of the molecule is CCc1nn(CC)c(CC2(CNC(C)(C)C)CC2)c1Br. The summed E-state index contributed by atoms with van der Waals surface area (Å²) in [5.41, 5.74) is 3.24. The van der Waals surface area contributed by atoms with Crippen LogP contribution in [0.1, 0.15) is 58.8 Å². The summed E-state index contributed by atoms with van der Waals surface area (Å²) in [6.07, 6.45) is 4.79. The Kier molecular flexibility index (Phi) is 4.65. The first-order chi connectivity index (χ1) is 9.30. The molecule has 1 aromatic heterocycles. The summed E-state index contributed by atoms with van der Waals surface area (Å²) in [6, 6.07) is 0. The van der Waals surface area contributed by atoms with Crippen LogP contribution < -0.4 is 5.32 Å². The van der Waals surface area contributed by atoms with Crippen molar-refractivity contribution in [2.75, 3.05) is 6.54 Å². The van der Waals surface area contributed by atoms with Crippen molar-refractivity contribution >= 4 is 15.9 Å². The molecule has 2 rings (SSSR count). The molecular weight excluding hydrogens is 314 g/mol. The van der Waals surface area contributed by atoms with E-state index in [0.29, 0.717) is 5.41 Å². The van der Waals surface area contributed by atoms with Gasteiger partial charge in [0.1, 0.15) is 0 Å². The Morgan fingerprint density at radius 2 is 1.95 bits per heavy atom. The van der Waals surface area contributed by atoms with Gasteiger partial charge in [0.15, 0.2) is 0 Å². The van der Waals surface area contributed by atoms with Crippen molar-refractivity contribution in [3.05, 3.63) is 15.9 Å². The molecule has 0 atom stereocenters. The highest BCUT2D eigenvalue weighted by atomic mass is 79.9. The molecule has 1 fully saturated rings. The summed E-state index contributed by atoms with van der Waals surface area (Å²) < 4.78 is 3.42. The summed E-state index contributed by atoms with van der Waals surface area (Å²) in [4.78, 5) is 0. The second-order valence-corrected chi connectivity index (χ2v) is 7.95. The van der Waals surface area contributed by atoms with E-state index in [4.69, 9.17) is 5.10 Å². The second kappa shape index (κ2) is 5.80. The monoisotopic (exact) mass is 341 g/mol. The lowest BCUT2D eigenvalue weighted by Crippen LogP contribution is -2.40. The molecule has 0 spiro atoms. The molecule has 1 heterocycles. The molecular formula is C16H28BrN3. The number of aryl methyl sites for hydroxylation is 2. The van der Waals surface area contributed by atoms with Crippen molar-refractivity contribution in [1.29, 1.82) is 0 Å². The Morgan fingerprint density at radius 3 is 2.40 bits per heavy atom. The topological polar surface area (TPSA) is 29.9 Å². The molecule has 0 aromatic carbocycles. The Labute approximate surface area is 131 Å². The van der Waals surface area contributed by atoms with E-state index in [0.717, 1.165) is 25.9 Å². The smallest absolute Gasteiger partial charge is 0.0766 e. The maximum Gasteiger partial charge on any atom is 0.0766 e. The molecule has 1 saturated carbocycles. The quantitative estimate of drug-likeness (QED) is 0.849. The van der Waals surface area contributed by atoms with E-state index in [2.05, 4.69) is 60.5 Å². The van der Waals surface area contributed by atoms with Crippen LogP contribution in [0.15, 0.2) is 4.47 Å². The molecule has 1 aliphatic rings. The van der Waals surface area contributed by atoms with E-state index in [1.807, 2.05) is 0 Å². The highest BCUT2D eigenvalue weighted by Gasteiger charge is 2.44. The van der Waals surface area contributed by atoms with Gasteiger partial charge in [0.25, 0.3) is 0 Å². The molecule has 0 aliphatic heterocycles. The first-order valence-corrected chi connectivity index (χ1v) is 8.58. The van der Waals surface area contributed by atoms with Crippen LogP contribution >= 0.6 is 15.9 Å². The first-order valence-electron chi connectivity index (χ1n) is 7.79. The standard InChI is InChI=1S/C16H28BrN3/c1-6-12-14(17)13(20(7-2)19-12)10-16(8-9-16)11-18-15(3,4)5/h18H,6-11H2,1-5H3. The van der Waals surface area contributed by atoms with Gasteiger partial charge in [-0.15, -0.1) is 0 Å². The van der Waals surface area contributed by atoms with E-state index < -0.39 is 0 Å². The number of hydrogen-bond donors (Lipinski definition) is 1. The van der Waals surface area contributed by atoms with Gasteiger partial charge in [0, 0.05) is 18.6 Å². The Morgan fingerprint density at radius 1 is 1.30 bits per heavy atom. The van der Waals surface area contributed by atoms with E-state index in [1.165, 1.54) is 28.7 Å².